The summed E-state index contributed by atoms with van der Waals surface area (Å²) in [7, 11) is 0. The minimum absolute atomic E-state index is 0.241. The lowest BCUT2D eigenvalue weighted by molar-refractivity contribution is 0.586. The summed E-state index contributed by atoms with van der Waals surface area (Å²) in [5.74, 6) is -0.241. The van der Waals surface area contributed by atoms with Crippen molar-refractivity contribution in [2.45, 2.75) is 13.1 Å². The van der Waals surface area contributed by atoms with Gasteiger partial charge in [-0.2, -0.15) is 0 Å². The Bertz CT molecular complexity index is 459. The van der Waals surface area contributed by atoms with E-state index in [2.05, 4.69) is 10.3 Å². The largest absolute Gasteiger partial charge is 0.307 e. The first-order valence-corrected chi connectivity index (χ1v) is 6.09. The molecule has 0 fully saturated rings. The van der Waals surface area contributed by atoms with E-state index in [1.165, 1.54) is 6.07 Å². The molecule has 2 rings (SSSR count). The highest BCUT2D eigenvalue weighted by Crippen LogP contribution is 2.14. The Morgan fingerprint density at radius 2 is 2.25 bits per heavy atom. The van der Waals surface area contributed by atoms with E-state index in [-0.39, 0.29) is 5.82 Å². The molecule has 0 aliphatic heterocycles. The van der Waals surface area contributed by atoms with Gasteiger partial charge in [0.1, 0.15) is 5.82 Å². The normalized spacial score (nSPS) is 10.6. The van der Waals surface area contributed by atoms with Gasteiger partial charge in [-0.15, -0.1) is 11.3 Å². The second-order valence-electron chi connectivity index (χ2n) is 3.32. The maximum atomic E-state index is 13.3. The molecule has 0 saturated heterocycles. The summed E-state index contributed by atoms with van der Waals surface area (Å²) in [5.41, 5.74) is 3.31. The van der Waals surface area contributed by atoms with Crippen LogP contribution >= 0.6 is 22.9 Å². The third kappa shape index (κ3) is 3.01. The predicted molar refractivity (Wildman–Crippen MR) is 64.1 cm³/mol. The molecule has 0 saturated carbocycles. The van der Waals surface area contributed by atoms with Gasteiger partial charge in [0.05, 0.1) is 11.2 Å². The maximum Gasteiger partial charge on any atom is 0.127 e. The molecule has 16 heavy (non-hydrogen) atoms. The van der Waals surface area contributed by atoms with Gasteiger partial charge in [0.25, 0.3) is 0 Å². The summed E-state index contributed by atoms with van der Waals surface area (Å²) in [4.78, 5) is 4.12. The quantitative estimate of drug-likeness (QED) is 0.909. The lowest BCUT2D eigenvalue weighted by atomic mass is 10.2. The zero-order valence-electron chi connectivity index (χ0n) is 8.41. The first-order valence-electron chi connectivity index (χ1n) is 4.77. The van der Waals surface area contributed by atoms with Gasteiger partial charge in [0, 0.05) is 29.1 Å². The smallest absolute Gasteiger partial charge is 0.127 e. The summed E-state index contributed by atoms with van der Waals surface area (Å²) >= 11 is 7.34. The number of thiazole rings is 1. The molecule has 1 N–H and O–H groups in total. The molecule has 0 spiro atoms. The Morgan fingerprint density at radius 3 is 3.00 bits per heavy atom. The zero-order chi connectivity index (χ0) is 11.4. The highest BCUT2D eigenvalue weighted by molar-refractivity contribution is 7.07. The number of benzene rings is 1. The van der Waals surface area contributed by atoms with Gasteiger partial charge < -0.3 is 5.32 Å². The van der Waals surface area contributed by atoms with Crippen molar-refractivity contribution in [2.75, 3.05) is 0 Å². The number of rotatable bonds is 4. The van der Waals surface area contributed by atoms with Crippen LogP contribution in [0.3, 0.4) is 0 Å². The number of halogens is 2. The Balaban J connectivity index is 1.92. The summed E-state index contributed by atoms with van der Waals surface area (Å²) in [5, 5.41) is 5.63. The molecule has 0 unspecified atom stereocenters. The molecule has 0 bridgehead atoms. The minimum atomic E-state index is -0.241. The van der Waals surface area contributed by atoms with E-state index in [0.29, 0.717) is 23.7 Å². The van der Waals surface area contributed by atoms with E-state index < -0.39 is 0 Å². The molecule has 2 nitrogen and oxygen atoms in total. The van der Waals surface area contributed by atoms with E-state index in [4.69, 9.17) is 11.6 Å². The summed E-state index contributed by atoms with van der Waals surface area (Å²) in [6, 6.07) is 4.55. The van der Waals surface area contributed by atoms with Crippen molar-refractivity contribution in [1.29, 1.82) is 0 Å². The SMILES string of the molecule is Fc1ccc(Cl)cc1CNCc1cscn1. The van der Waals surface area contributed by atoms with Crippen molar-refractivity contribution < 1.29 is 4.39 Å². The number of nitrogens with one attached hydrogen (secondary N) is 1. The summed E-state index contributed by atoms with van der Waals surface area (Å²) in [6.45, 7) is 1.08. The second kappa shape index (κ2) is 5.39. The van der Waals surface area contributed by atoms with Crippen LogP contribution in [0.15, 0.2) is 29.1 Å². The van der Waals surface area contributed by atoms with Crippen LogP contribution in [0.4, 0.5) is 4.39 Å². The van der Waals surface area contributed by atoms with Gasteiger partial charge in [0.15, 0.2) is 0 Å². The molecule has 2 aromatic rings. The summed E-state index contributed by atoms with van der Waals surface area (Å²) < 4.78 is 13.3. The monoisotopic (exact) mass is 256 g/mol. The summed E-state index contributed by atoms with van der Waals surface area (Å²) in [6.07, 6.45) is 0. The molecule has 5 heteroatoms. The maximum absolute atomic E-state index is 13.3. The highest BCUT2D eigenvalue weighted by atomic mass is 35.5. The van der Waals surface area contributed by atoms with E-state index >= 15 is 0 Å². The van der Waals surface area contributed by atoms with Gasteiger partial charge in [-0.05, 0) is 18.2 Å². The molecule has 1 heterocycles. The molecule has 1 aromatic heterocycles. The fourth-order valence-corrected chi connectivity index (χ4v) is 2.08. The van der Waals surface area contributed by atoms with E-state index in [1.54, 1.807) is 29.0 Å². The van der Waals surface area contributed by atoms with E-state index in [9.17, 15) is 4.39 Å². The molecular weight excluding hydrogens is 247 g/mol. The van der Waals surface area contributed by atoms with Crippen LogP contribution in [-0.4, -0.2) is 4.98 Å². The van der Waals surface area contributed by atoms with Gasteiger partial charge >= 0.3 is 0 Å². The van der Waals surface area contributed by atoms with Crippen molar-refractivity contribution in [2.24, 2.45) is 0 Å². The van der Waals surface area contributed by atoms with Crippen LogP contribution in [0.25, 0.3) is 0 Å². The fraction of sp³-hybridized carbons (Fsp3) is 0.182. The molecule has 84 valence electrons. The van der Waals surface area contributed by atoms with Gasteiger partial charge in [-0.1, -0.05) is 11.6 Å². The van der Waals surface area contributed by atoms with Gasteiger partial charge in [-0.25, -0.2) is 9.37 Å². The van der Waals surface area contributed by atoms with Crippen LogP contribution in [0, 0.1) is 5.82 Å². The third-order valence-corrected chi connectivity index (χ3v) is 2.98. The second-order valence-corrected chi connectivity index (χ2v) is 4.47. The van der Waals surface area contributed by atoms with Crippen LogP contribution in [0.1, 0.15) is 11.3 Å². The van der Waals surface area contributed by atoms with Crippen molar-refractivity contribution in [1.82, 2.24) is 10.3 Å². The molecule has 0 amide bonds. The van der Waals surface area contributed by atoms with E-state index in [0.717, 1.165) is 5.69 Å². The van der Waals surface area contributed by atoms with Crippen LogP contribution < -0.4 is 5.32 Å². The van der Waals surface area contributed by atoms with Crippen LogP contribution in [-0.2, 0) is 13.1 Å². The number of aromatic nitrogens is 1. The number of hydrogen-bond acceptors (Lipinski definition) is 3. The van der Waals surface area contributed by atoms with Crippen molar-refractivity contribution >= 4 is 22.9 Å². The molecule has 0 aliphatic rings. The molecule has 0 radical (unpaired) electrons. The first-order chi connectivity index (χ1) is 7.75. The average molecular weight is 257 g/mol. The average Bonchev–Trinajstić information content (AvgIpc) is 2.76. The molecule has 0 atom stereocenters. The van der Waals surface area contributed by atoms with Crippen LogP contribution in [0.5, 0.6) is 0 Å². The fourth-order valence-electron chi connectivity index (χ4n) is 1.33. The van der Waals surface area contributed by atoms with E-state index in [1.807, 2.05) is 5.38 Å². The third-order valence-electron chi connectivity index (χ3n) is 2.11. The highest BCUT2D eigenvalue weighted by Gasteiger charge is 2.02. The Hall–Kier alpha value is -0.970. The van der Waals surface area contributed by atoms with Crippen molar-refractivity contribution in [3.63, 3.8) is 0 Å². The molecular formula is C11H10ClFN2S. The van der Waals surface area contributed by atoms with Gasteiger partial charge in [-0.3, -0.25) is 0 Å². The predicted octanol–water partition coefficient (Wildman–Crippen LogP) is 3.23. The van der Waals surface area contributed by atoms with Crippen molar-refractivity contribution in [3.05, 3.63) is 51.2 Å². The topological polar surface area (TPSA) is 24.9 Å². The standard InChI is InChI=1S/C11H10ClFN2S/c12-9-1-2-11(13)8(3-9)4-14-5-10-6-16-7-15-10/h1-3,6-7,14H,4-5H2. The zero-order valence-corrected chi connectivity index (χ0v) is 9.98. The minimum Gasteiger partial charge on any atom is -0.307 e. The lowest BCUT2D eigenvalue weighted by Gasteiger charge is -2.05. The first kappa shape index (κ1) is 11.5. The number of nitrogens with zero attached hydrogens (tertiary/aromatic N) is 1. The Labute approximate surface area is 102 Å². The Morgan fingerprint density at radius 1 is 1.38 bits per heavy atom. The van der Waals surface area contributed by atoms with Crippen molar-refractivity contribution in [3.8, 4) is 0 Å². The molecule has 0 aliphatic carbocycles. The van der Waals surface area contributed by atoms with Crippen LogP contribution in [0.2, 0.25) is 5.02 Å². The van der Waals surface area contributed by atoms with Gasteiger partial charge in [0.2, 0.25) is 0 Å². The lowest BCUT2D eigenvalue weighted by Crippen LogP contribution is -2.13. The number of hydrogen-bond donors (Lipinski definition) is 1. The molecule has 1 aromatic carbocycles. The Kier molecular flexibility index (Phi) is 3.88.